The highest BCUT2D eigenvalue weighted by Gasteiger charge is 2.21. The number of guanidine groups is 1. The molecular weight excluding hydrogens is 294 g/mol. The molecule has 0 unspecified atom stereocenters. The molecule has 0 aliphatic carbocycles. The Labute approximate surface area is 137 Å². The second-order valence-corrected chi connectivity index (χ2v) is 6.10. The van der Waals surface area contributed by atoms with Crippen LogP contribution in [-0.2, 0) is 6.54 Å². The van der Waals surface area contributed by atoms with E-state index < -0.39 is 5.91 Å². The quantitative estimate of drug-likeness (QED) is 0.553. The first kappa shape index (κ1) is 17.3. The Morgan fingerprint density at radius 2 is 2.13 bits per heavy atom. The van der Waals surface area contributed by atoms with E-state index in [9.17, 15) is 4.79 Å². The van der Waals surface area contributed by atoms with Crippen molar-refractivity contribution in [3.05, 3.63) is 23.7 Å². The minimum atomic E-state index is -0.560. The van der Waals surface area contributed by atoms with Gasteiger partial charge in [0.25, 0.3) is 5.91 Å². The highest BCUT2D eigenvalue weighted by molar-refractivity contribution is 5.89. The van der Waals surface area contributed by atoms with Gasteiger partial charge in [0.2, 0.25) is 0 Å². The van der Waals surface area contributed by atoms with Gasteiger partial charge in [-0.2, -0.15) is 0 Å². The molecule has 23 heavy (non-hydrogen) atoms. The highest BCUT2D eigenvalue weighted by Crippen LogP contribution is 2.13. The fraction of sp³-hybridized carbons (Fsp3) is 0.625. The fourth-order valence-corrected chi connectivity index (χ4v) is 2.72. The van der Waals surface area contributed by atoms with Crippen LogP contribution in [0.5, 0.6) is 0 Å². The molecule has 7 heteroatoms. The van der Waals surface area contributed by atoms with Crippen molar-refractivity contribution in [2.24, 2.45) is 10.7 Å². The van der Waals surface area contributed by atoms with E-state index in [2.05, 4.69) is 34.4 Å². The van der Waals surface area contributed by atoms with Gasteiger partial charge >= 0.3 is 0 Å². The van der Waals surface area contributed by atoms with Crippen LogP contribution < -0.4 is 16.4 Å². The summed E-state index contributed by atoms with van der Waals surface area (Å²) < 4.78 is 5.34. The fourth-order valence-electron chi connectivity index (χ4n) is 2.72. The Morgan fingerprint density at radius 3 is 2.65 bits per heavy atom. The molecule has 0 spiro atoms. The smallest absolute Gasteiger partial charge is 0.284 e. The highest BCUT2D eigenvalue weighted by atomic mass is 16.3. The summed E-state index contributed by atoms with van der Waals surface area (Å²) >= 11 is 0. The summed E-state index contributed by atoms with van der Waals surface area (Å²) in [6.45, 7) is 7.13. The van der Waals surface area contributed by atoms with E-state index in [1.54, 1.807) is 19.2 Å². The number of carbonyl (C=O) groups is 1. The van der Waals surface area contributed by atoms with Gasteiger partial charge in [-0.05, 0) is 38.8 Å². The van der Waals surface area contributed by atoms with Crippen molar-refractivity contribution < 1.29 is 9.21 Å². The van der Waals surface area contributed by atoms with Crippen molar-refractivity contribution in [1.29, 1.82) is 0 Å². The molecule has 1 aromatic heterocycles. The van der Waals surface area contributed by atoms with Gasteiger partial charge in [-0.1, -0.05) is 0 Å². The molecule has 0 saturated carbocycles. The molecule has 0 bridgehead atoms. The Bertz CT molecular complexity index is 544. The van der Waals surface area contributed by atoms with Gasteiger partial charge in [0, 0.05) is 32.2 Å². The maximum absolute atomic E-state index is 11.0. The molecule has 4 N–H and O–H groups in total. The normalized spacial score (nSPS) is 17.5. The number of hydrogen-bond donors (Lipinski definition) is 3. The van der Waals surface area contributed by atoms with Crippen LogP contribution in [0.3, 0.4) is 0 Å². The Morgan fingerprint density at radius 1 is 1.43 bits per heavy atom. The molecule has 0 atom stereocenters. The standard InChI is InChI=1S/C16H27N5O2/c1-11(2)21-8-6-12(7-9-21)20-16(18-3)19-10-13-4-5-14(23-13)15(17)22/h4-5,11-12H,6-10H2,1-3H3,(H2,17,22)(H2,18,19,20). The summed E-state index contributed by atoms with van der Waals surface area (Å²) in [5.41, 5.74) is 5.17. The van der Waals surface area contributed by atoms with E-state index in [4.69, 9.17) is 10.2 Å². The number of nitrogens with zero attached hydrogens (tertiary/aromatic N) is 2. The van der Waals surface area contributed by atoms with E-state index in [1.165, 1.54) is 0 Å². The molecule has 2 rings (SSSR count). The molecule has 0 aromatic carbocycles. The minimum absolute atomic E-state index is 0.172. The van der Waals surface area contributed by atoms with Gasteiger partial charge in [0.15, 0.2) is 11.7 Å². The first-order chi connectivity index (χ1) is 11.0. The number of piperidine rings is 1. The van der Waals surface area contributed by atoms with Crippen LogP contribution in [0.1, 0.15) is 43.0 Å². The Balaban J connectivity index is 1.78. The number of nitrogens with two attached hydrogens (primary N) is 1. The summed E-state index contributed by atoms with van der Waals surface area (Å²) in [5.74, 6) is 1.00. The van der Waals surface area contributed by atoms with Gasteiger partial charge in [-0.3, -0.25) is 9.79 Å². The van der Waals surface area contributed by atoms with Crippen molar-refractivity contribution >= 4 is 11.9 Å². The van der Waals surface area contributed by atoms with Crippen LogP contribution in [0, 0.1) is 0 Å². The van der Waals surface area contributed by atoms with E-state index in [0.717, 1.165) is 31.9 Å². The molecule has 1 aromatic rings. The van der Waals surface area contributed by atoms with Crippen LogP contribution in [0.2, 0.25) is 0 Å². The van der Waals surface area contributed by atoms with Gasteiger partial charge < -0.3 is 25.7 Å². The largest absolute Gasteiger partial charge is 0.454 e. The number of aliphatic imine (C=N–C) groups is 1. The second kappa shape index (κ2) is 8.01. The van der Waals surface area contributed by atoms with Crippen LogP contribution in [0.25, 0.3) is 0 Å². The number of hydrogen-bond acceptors (Lipinski definition) is 4. The molecule has 1 amide bonds. The summed E-state index contributed by atoms with van der Waals surface area (Å²) in [6.07, 6.45) is 2.21. The lowest BCUT2D eigenvalue weighted by molar-refractivity contribution is 0.0972. The number of likely N-dealkylation sites (tertiary alicyclic amines) is 1. The van der Waals surface area contributed by atoms with Gasteiger partial charge in [0.1, 0.15) is 5.76 Å². The zero-order valence-corrected chi connectivity index (χ0v) is 14.1. The molecule has 0 radical (unpaired) electrons. The first-order valence-corrected chi connectivity index (χ1v) is 8.09. The predicted molar refractivity (Wildman–Crippen MR) is 90.3 cm³/mol. The van der Waals surface area contributed by atoms with Crippen molar-refractivity contribution in [2.75, 3.05) is 20.1 Å². The molecule has 2 heterocycles. The third kappa shape index (κ3) is 4.99. The van der Waals surface area contributed by atoms with Gasteiger partial charge in [-0.25, -0.2) is 0 Å². The molecule has 128 valence electrons. The third-order valence-corrected chi connectivity index (χ3v) is 4.16. The first-order valence-electron chi connectivity index (χ1n) is 8.09. The number of primary amides is 1. The van der Waals surface area contributed by atoms with E-state index in [0.29, 0.717) is 24.4 Å². The summed E-state index contributed by atoms with van der Waals surface area (Å²) in [6, 6.07) is 4.35. The number of rotatable bonds is 5. The lowest BCUT2D eigenvalue weighted by Crippen LogP contribution is -2.49. The molecule has 1 fully saturated rings. The lowest BCUT2D eigenvalue weighted by atomic mass is 10.0. The topological polar surface area (TPSA) is 95.9 Å². The maximum Gasteiger partial charge on any atom is 0.284 e. The lowest BCUT2D eigenvalue weighted by Gasteiger charge is -2.35. The number of nitrogens with one attached hydrogen (secondary N) is 2. The maximum atomic E-state index is 11.0. The molecule has 1 saturated heterocycles. The van der Waals surface area contributed by atoms with Gasteiger partial charge in [-0.15, -0.1) is 0 Å². The zero-order chi connectivity index (χ0) is 16.8. The SMILES string of the molecule is CN=C(NCc1ccc(C(N)=O)o1)NC1CCN(C(C)C)CC1. The third-order valence-electron chi connectivity index (χ3n) is 4.16. The van der Waals surface area contributed by atoms with E-state index in [1.807, 2.05) is 0 Å². The Hall–Kier alpha value is -2.02. The van der Waals surface area contributed by atoms with E-state index in [-0.39, 0.29) is 5.76 Å². The Kier molecular flexibility index (Phi) is 6.04. The minimum Gasteiger partial charge on any atom is -0.454 e. The second-order valence-electron chi connectivity index (χ2n) is 6.10. The van der Waals surface area contributed by atoms with Gasteiger partial charge in [0.05, 0.1) is 6.54 Å². The monoisotopic (exact) mass is 321 g/mol. The number of amides is 1. The van der Waals surface area contributed by atoms with Crippen LogP contribution in [0.4, 0.5) is 0 Å². The summed E-state index contributed by atoms with van der Waals surface area (Å²) in [5, 5.41) is 6.64. The number of furan rings is 1. The van der Waals surface area contributed by atoms with E-state index >= 15 is 0 Å². The summed E-state index contributed by atoms with van der Waals surface area (Å²) in [4.78, 5) is 17.7. The molecule has 1 aliphatic rings. The molecular formula is C16H27N5O2. The van der Waals surface area contributed by atoms with Crippen LogP contribution >= 0.6 is 0 Å². The van der Waals surface area contributed by atoms with Crippen molar-refractivity contribution in [3.63, 3.8) is 0 Å². The molecule has 1 aliphatic heterocycles. The molecule has 7 nitrogen and oxygen atoms in total. The predicted octanol–water partition coefficient (Wildman–Crippen LogP) is 0.916. The summed E-state index contributed by atoms with van der Waals surface area (Å²) in [7, 11) is 1.75. The van der Waals surface area contributed by atoms with Crippen LogP contribution in [0.15, 0.2) is 21.5 Å². The average molecular weight is 321 g/mol. The van der Waals surface area contributed by atoms with Crippen molar-refractivity contribution in [3.8, 4) is 0 Å². The van der Waals surface area contributed by atoms with Crippen molar-refractivity contribution in [2.45, 2.75) is 45.3 Å². The average Bonchev–Trinajstić information content (AvgIpc) is 3.01. The van der Waals surface area contributed by atoms with Crippen LogP contribution in [-0.4, -0.2) is 49.0 Å². The zero-order valence-electron chi connectivity index (χ0n) is 14.1. The van der Waals surface area contributed by atoms with Crippen molar-refractivity contribution in [1.82, 2.24) is 15.5 Å². The number of carbonyl (C=O) groups excluding carboxylic acids is 1.